The van der Waals surface area contributed by atoms with E-state index >= 15 is 0 Å². The van der Waals surface area contributed by atoms with Gasteiger partial charge in [-0.3, -0.25) is 9.59 Å². The second kappa shape index (κ2) is 9.34. The average Bonchev–Trinajstić information content (AvgIpc) is 3.05. The Balaban J connectivity index is 1.65. The molecule has 2 aromatic carbocycles. The quantitative estimate of drug-likeness (QED) is 0.626. The van der Waals surface area contributed by atoms with Gasteiger partial charge in [0.1, 0.15) is 23.3 Å². The molecule has 1 aliphatic rings. The molecule has 1 atom stereocenters. The Kier molecular flexibility index (Phi) is 6.59. The molecule has 8 nitrogen and oxygen atoms in total. The van der Waals surface area contributed by atoms with Gasteiger partial charge in [-0.2, -0.15) is 0 Å². The smallest absolute Gasteiger partial charge is 0.326 e. The van der Waals surface area contributed by atoms with Gasteiger partial charge in [-0.1, -0.05) is 26.0 Å². The van der Waals surface area contributed by atoms with E-state index in [0.717, 1.165) is 5.56 Å². The molecule has 2 aromatic rings. The molecule has 0 unspecified atom stereocenters. The zero-order valence-electron chi connectivity index (χ0n) is 17.4. The van der Waals surface area contributed by atoms with Gasteiger partial charge in [-0.25, -0.2) is 4.79 Å². The highest BCUT2D eigenvalue weighted by atomic mass is 16.5. The highest BCUT2D eigenvalue weighted by Gasteiger charge is 2.28. The summed E-state index contributed by atoms with van der Waals surface area (Å²) in [5.74, 6) is -0.651. The molecular formula is C23H23NO7. The standard InChI is InChI=1S/C23H23NO7/c1-13(2)21(23(27)28)24-20(25)12-30-16-8-9-17-18(11-16)31-19(22(17)26)10-14-4-6-15(29-3)7-5-14/h4-11,13,21H,12H2,1-3H3,(H,24,25)(H,27,28)/t21-/m0/s1. The fourth-order valence-corrected chi connectivity index (χ4v) is 2.99. The van der Waals surface area contributed by atoms with Crippen LogP contribution in [0.4, 0.5) is 0 Å². The zero-order chi connectivity index (χ0) is 22.5. The summed E-state index contributed by atoms with van der Waals surface area (Å²) in [5, 5.41) is 11.6. The van der Waals surface area contributed by atoms with E-state index in [4.69, 9.17) is 19.3 Å². The molecule has 2 N–H and O–H groups in total. The topological polar surface area (TPSA) is 111 Å². The van der Waals surface area contributed by atoms with Gasteiger partial charge in [-0.05, 0) is 41.8 Å². The van der Waals surface area contributed by atoms with E-state index in [-0.39, 0.29) is 24.1 Å². The highest BCUT2D eigenvalue weighted by molar-refractivity contribution is 6.14. The fourth-order valence-electron chi connectivity index (χ4n) is 2.99. The molecule has 8 heteroatoms. The number of benzene rings is 2. The average molecular weight is 425 g/mol. The number of amides is 1. The van der Waals surface area contributed by atoms with Crippen molar-refractivity contribution in [1.29, 1.82) is 0 Å². The van der Waals surface area contributed by atoms with E-state index in [1.54, 1.807) is 63.4 Å². The molecule has 31 heavy (non-hydrogen) atoms. The number of ketones is 1. The predicted octanol–water partition coefficient (Wildman–Crippen LogP) is 2.92. The molecule has 1 amide bonds. The molecule has 3 rings (SSSR count). The number of carboxylic acids is 1. The number of hydrogen-bond acceptors (Lipinski definition) is 6. The Morgan fingerprint density at radius 1 is 1.13 bits per heavy atom. The van der Waals surface area contributed by atoms with Gasteiger partial charge in [0.2, 0.25) is 5.78 Å². The number of rotatable bonds is 8. The molecule has 0 bridgehead atoms. The zero-order valence-corrected chi connectivity index (χ0v) is 17.4. The molecule has 0 saturated carbocycles. The normalized spacial score (nSPS) is 14.7. The summed E-state index contributed by atoms with van der Waals surface area (Å²) < 4.78 is 16.2. The van der Waals surface area contributed by atoms with Crippen LogP contribution in [0.2, 0.25) is 0 Å². The summed E-state index contributed by atoms with van der Waals surface area (Å²) in [6, 6.07) is 10.8. The Morgan fingerprint density at radius 2 is 1.81 bits per heavy atom. The third-order valence-electron chi connectivity index (χ3n) is 4.67. The Bertz CT molecular complexity index is 1020. The summed E-state index contributed by atoms with van der Waals surface area (Å²) in [5.41, 5.74) is 1.17. The van der Waals surface area contributed by atoms with E-state index in [1.165, 1.54) is 6.07 Å². The summed E-state index contributed by atoms with van der Waals surface area (Å²) in [6.07, 6.45) is 1.63. The number of fused-ring (bicyclic) bond motifs is 1. The van der Waals surface area contributed by atoms with E-state index in [2.05, 4.69) is 5.32 Å². The van der Waals surface area contributed by atoms with Gasteiger partial charge in [-0.15, -0.1) is 0 Å². The number of Topliss-reactive ketones (excluding diaryl/α,β-unsaturated/α-hetero) is 1. The molecule has 1 aliphatic heterocycles. The van der Waals surface area contributed by atoms with Crippen LogP contribution in [0.3, 0.4) is 0 Å². The van der Waals surface area contributed by atoms with Crippen LogP contribution in [0.5, 0.6) is 17.2 Å². The van der Waals surface area contributed by atoms with Gasteiger partial charge >= 0.3 is 5.97 Å². The molecular weight excluding hydrogens is 402 g/mol. The van der Waals surface area contributed by atoms with Crippen molar-refractivity contribution in [3.05, 3.63) is 59.4 Å². The molecule has 162 valence electrons. The summed E-state index contributed by atoms with van der Waals surface area (Å²) in [4.78, 5) is 35.8. The van der Waals surface area contributed by atoms with Crippen molar-refractivity contribution >= 4 is 23.7 Å². The van der Waals surface area contributed by atoms with Crippen molar-refractivity contribution in [2.75, 3.05) is 13.7 Å². The first kappa shape index (κ1) is 21.9. The van der Waals surface area contributed by atoms with Gasteiger partial charge in [0.25, 0.3) is 5.91 Å². The molecule has 0 aromatic heterocycles. The second-order valence-electron chi connectivity index (χ2n) is 7.29. The number of carboxylic acid groups (broad SMARTS) is 1. The third kappa shape index (κ3) is 5.22. The lowest BCUT2D eigenvalue weighted by Crippen LogP contribution is -2.46. The fraction of sp³-hybridized carbons (Fsp3) is 0.261. The number of carbonyl (C=O) groups excluding carboxylic acids is 2. The molecule has 0 aliphatic carbocycles. The maximum absolute atomic E-state index is 12.6. The van der Waals surface area contributed by atoms with Crippen molar-refractivity contribution < 1.29 is 33.7 Å². The van der Waals surface area contributed by atoms with Crippen LogP contribution in [-0.4, -0.2) is 42.5 Å². The molecule has 0 fully saturated rings. The molecule has 1 heterocycles. The van der Waals surface area contributed by atoms with Gasteiger partial charge in [0.15, 0.2) is 12.4 Å². The van der Waals surface area contributed by atoms with Crippen molar-refractivity contribution in [2.45, 2.75) is 19.9 Å². The highest BCUT2D eigenvalue weighted by Crippen LogP contribution is 2.35. The van der Waals surface area contributed by atoms with Crippen molar-refractivity contribution in [2.24, 2.45) is 5.92 Å². The van der Waals surface area contributed by atoms with Crippen LogP contribution in [0.15, 0.2) is 48.2 Å². The minimum absolute atomic E-state index is 0.177. The number of nitrogens with one attached hydrogen (secondary N) is 1. The number of aliphatic carboxylic acids is 1. The van der Waals surface area contributed by atoms with Crippen LogP contribution in [0.25, 0.3) is 6.08 Å². The van der Waals surface area contributed by atoms with Crippen LogP contribution >= 0.6 is 0 Å². The van der Waals surface area contributed by atoms with Gasteiger partial charge in [0.05, 0.1) is 12.7 Å². The predicted molar refractivity (Wildman–Crippen MR) is 112 cm³/mol. The van der Waals surface area contributed by atoms with Crippen LogP contribution in [0, 0.1) is 5.92 Å². The Hall–Kier alpha value is -3.81. The minimum Gasteiger partial charge on any atom is -0.497 e. The lowest BCUT2D eigenvalue weighted by Gasteiger charge is -2.18. The minimum atomic E-state index is -1.11. The first-order chi connectivity index (χ1) is 14.8. The lowest BCUT2D eigenvalue weighted by molar-refractivity contribution is -0.143. The van der Waals surface area contributed by atoms with E-state index < -0.39 is 17.9 Å². The SMILES string of the molecule is COc1ccc(C=C2Oc3cc(OCC(=O)N[C@H](C(=O)O)C(C)C)ccc3C2=O)cc1. The monoisotopic (exact) mass is 425 g/mol. The number of methoxy groups -OCH3 is 1. The van der Waals surface area contributed by atoms with Crippen LogP contribution < -0.4 is 19.5 Å². The van der Waals surface area contributed by atoms with Crippen molar-refractivity contribution in [1.82, 2.24) is 5.32 Å². The number of ether oxygens (including phenoxy) is 3. The molecule has 0 spiro atoms. The van der Waals surface area contributed by atoms with Gasteiger partial charge in [0, 0.05) is 6.07 Å². The number of carbonyl (C=O) groups is 3. The van der Waals surface area contributed by atoms with Crippen molar-refractivity contribution in [3.63, 3.8) is 0 Å². The third-order valence-corrected chi connectivity index (χ3v) is 4.67. The van der Waals surface area contributed by atoms with E-state index in [1.807, 2.05) is 0 Å². The Morgan fingerprint density at radius 3 is 2.42 bits per heavy atom. The first-order valence-corrected chi connectivity index (χ1v) is 9.66. The van der Waals surface area contributed by atoms with Gasteiger partial charge < -0.3 is 24.6 Å². The lowest BCUT2D eigenvalue weighted by atomic mass is 10.1. The number of hydrogen-bond donors (Lipinski definition) is 2. The van der Waals surface area contributed by atoms with E-state index in [0.29, 0.717) is 22.8 Å². The summed E-state index contributed by atoms with van der Waals surface area (Å²) in [7, 11) is 1.58. The summed E-state index contributed by atoms with van der Waals surface area (Å²) in [6.45, 7) is 3.04. The Labute approximate surface area is 179 Å². The summed E-state index contributed by atoms with van der Waals surface area (Å²) >= 11 is 0. The number of allylic oxidation sites excluding steroid dienone is 1. The molecule has 0 radical (unpaired) electrons. The second-order valence-corrected chi connectivity index (χ2v) is 7.29. The first-order valence-electron chi connectivity index (χ1n) is 9.66. The maximum atomic E-state index is 12.6. The van der Waals surface area contributed by atoms with Crippen LogP contribution in [0.1, 0.15) is 29.8 Å². The van der Waals surface area contributed by atoms with Crippen LogP contribution in [-0.2, 0) is 9.59 Å². The maximum Gasteiger partial charge on any atom is 0.326 e. The van der Waals surface area contributed by atoms with Crippen molar-refractivity contribution in [3.8, 4) is 17.2 Å². The largest absolute Gasteiger partial charge is 0.497 e. The molecule has 0 saturated heterocycles. The van der Waals surface area contributed by atoms with E-state index in [9.17, 15) is 14.4 Å².